The fourth-order valence-electron chi connectivity index (χ4n) is 4.67. The molecular formula is C27H36N4OS. The summed E-state index contributed by atoms with van der Waals surface area (Å²) in [6.45, 7) is 10.1. The largest absolute Gasteiger partial charge is 0.352 e. The van der Waals surface area contributed by atoms with Gasteiger partial charge in [0.2, 0.25) is 0 Å². The molecule has 0 saturated heterocycles. The van der Waals surface area contributed by atoms with Crippen LogP contribution < -0.4 is 5.32 Å². The molecule has 0 unspecified atom stereocenters. The first kappa shape index (κ1) is 23.7. The van der Waals surface area contributed by atoms with E-state index < -0.39 is 0 Å². The lowest BCUT2D eigenvalue weighted by Gasteiger charge is -2.24. The Morgan fingerprint density at radius 1 is 1.24 bits per heavy atom. The number of carbonyl (C=O) groups excluding carboxylic acids is 1. The Hall–Kier alpha value is -2.47. The number of hydrogen-bond donors (Lipinski definition) is 1. The third-order valence-electron chi connectivity index (χ3n) is 6.64. The molecule has 4 rings (SSSR count). The summed E-state index contributed by atoms with van der Waals surface area (Å²) in [5, 5.41) is 6.23. The van der Waals surface area contributed by atoms with Gasteiger partial charge in [-0.05, 0) is 56.2 Å². The van der Waals surface area contributed by atoms with Gasteiger partial charge in [0, 0.05) is 41.6 Å². The van der Waals surface area contributed by atoms with Crippen LogP contribution >= 0.6 is 11.3 Å². The molecule has 0 atom stereocenters. The van der Waals surface area contributed by atoms with E-state index in [9.17, 15) is 4.79 Å². The zero-order valence-corrected chi connectivity index (χ0v) is 21.2. The van der Waals surface area contributed by atoms with E-state index >= 15 is 0 Å². The van der Waals surface area contributed by atoms with Gasteiger partial charge in [0.25, 0.3) is 5.91 Å². The molecule has 3 heterocycles. The van der Waals surface area contributed by atoms with Gasteiger partial charge in [0.05, 0.1) is 17.0 Å². The Morgan fingerprint density at radius 2 is 2.03 bits per heavy atom. The molecule has 1 saturated carbocycles. The lowest BCUT2D eigenvalue weighted by molar-refractivity contribution is 0.0948. The van der Waals surface area contributed by atoms with Crippen LogP contribution in [-0.2, 0) is 13.0 Å². The van der Waals surface area contributed by atoms with Crippen molar-refractivity contribution in [3.8, 4) is 22.0 Å². The van der Waals surface area contributed by atoms with E-state index in [-0.39, 0.29) is 5.91 Å². The van der Waals surface area contributed by atoms with Crippen LogP contribution in [0.1, 0.15) is 74.6 Å². The molecule has 5 nitrogen and oxygen atoms in total. The molecule has 3 aromatic rings. The number of carbonyl (C=O) groups is 1. The van der Waals surface area contributed by atoms with E-state index in [1.54, 1.807) is 11.3 Å². The van der Waals surface area contributed by atoms with E-state index in [0.29, 0.717) is 18.4 Å². The highest BCUT2D eigenvalue weighted by Gasteiger charge is 2.23. The van der Waals surface area contributed by atoms with Crippen molar-refractivity contribution in [2.24, 2.45) is 11.8 Å². The quantitative estimate of drug-likeness (QED) is 0.413. The highest BCUT2D eigenvalue weighted by molar-refractivity contribution is 7.13. The number of thiazole rings is 1. The summed E-state index contributed by atoms with van der Waals surface area (Å²) in [4.78, 5) is 22.4. The smallest absolute Gasteiger partial charge is 0.253 e. The second-order valence-corrected chi connectivity index (χ2v) is 10.5. The molecule has 176 valence electrons. The van der Waals surface area contributed by atoms with Crippen molar-refractivity contribution in [2.45, 2.75) is 72.8 Å². The fourth-order valence-corrected chi connectivity index (χ4v) is 5.48. The number of hydrogen-bond acceptors (Lipinski definition) is 4. The van der Waals surface area contributed by atoms with Crippen molar-refractivity contribution in [3.05, 3.63) is 46.7 Å². The second kappa shape index (κ2) is 10.6. The molecule has 1 aliphatic carbocycles. The van der Waals surface area contributed by atoms with Gasteiger partial charge in [0.15, 0.2) is 0 Å². The molecule has 0 bridgehead atoms. The minimum Gasteiger partial charge on any atom is -0.352 e. The minimum absolute atomic E-state index is 0.0158. The van der Waals surface area contributed by atoms with Crippen LogP contribution in [-0.4, -0.2) is 27.0 Å². The lowest BCUT2D eigenvalue weighted by atomic mass is 9.89. The summed E-state index contributed by atoms with van der Waals surface area (Å²) >= 11 is 1.66. The highest BCUT2D eigenvalue weighted by atomic mass is 32.1. The molecule has 0 radical (unpaired) electrons. The molecule has 3 aromatic heterocycles. The Labute approximate surface area is 201 Å². The summed E-state index contributed by atoms with van der Waals surface area (Å²) in [5.74, 6) is 1.11. The number of nitrogens with one attached hydrogen (secondary N) is 1. The van der Waals surface area contributed by atoms with Crippen molar-refractivity contribution < 1.29 is 4.79 Å². The number of aromatic nitrogens is 3. The van der Waals surface area contributed by atoms with Gasteiger partial charge in [0.1, 0.15) is 5.01 Å². The Morgan fingerprint density at radius 3 is 2.76 bits per heavy atom. The van der Waals surface area contributed by atoms with Crippen molar-refractivity contribution in [2.75, 3.05) is 6.54 Å². The average Bonchev–Trinajstić information content (AvgIpc) is 3.44. The maximum Gasteiger partial charge on any atom is 0.253 e. The van der Waals surface area contributed by atoms with E-state index in [4.69, 9.17) is 4.98 Å². The number of pyridine rings is 1. The van der Waals surface area contributed by atoms with Crippen molar-refractivity contribution >= 4 is 17.2 Å². The average molecular weight is 465 g/mol. The highest BCUT2D eigenvalue weighted by Crippen LogP contribution is 2.34. The lowest BCUT2D eigenvalue weighted by Crippen LogP contribution is -2.27. The first-order chi connectivity index (χ1) is 16.0. The van der Waals surface area contributed by atoms with Gasteiger partial charge in [-0.15, -0.1) is 11.3 Å². The summed E-state index contributed by atoms with van der Waals surface area (Å²) in [7, 11) is 0. The van der Waals surface area contributed by atoms with Crippen LogP contribution in [0.25, 0.3) is 22.0 Å². The van der Waals surface area contributed by atoms with Crippen molar-refractivity contribution in [3.63, 3.8) is 0 Å². The first-order valence-corrected chi connectivity index (χ1v) is 13.2. The topological polar surface area (TPSA) is 59.8 Å². The van der Waals surface area contributed by atoms with Gasteiger partial charge >= 0.3 is 0 Å². The fraction of sp³-hybridized carbons (Fsp3) is 0.519. The maximum absolute atomic E-state index is 13.0. The Bertz CT molecular complexity index is 1090. The number of amides is 1. The predicted molar refractivity (Wildman–Crippen MR) is 137 cm³/mol. The SMILES string of the molecule is CCc1cc(-c2nc(-c3cc(C(=O)NCC(C)C)c(C)n3CC3CCCCC3)cs2)ccn1. The van der Waals surface area contributed by atoms with Crippen molar-refractivity contribution in [1.29, 1.82) is 0 Å². The van der Waals surface area contributed by atoms with E-state index in [0.717, 1.165) is 51.9 Å². The predicted octanol–water partition coefficient (Wildman–Crippen LogP) is 6.51. The minimum atomic E-state index is 0.0158. The van der Waals surface area contributed by atoms with E-state index in [1.165, 1.54) is 32.1 Å². The number of aryl methyl sites for hydroxylation is 1. The Balaban J connectivity index is 1.69. The number of nitrogens with zero attached hydrogens (tertiary/aromatic N) is 3. The van der Waals surface area contributed by atoms with Crippen molar-refractivity contribution in [1.82, 2.24) is 19.9 Å². The maximum atomic E-state index is 13.0. The molecule has 0 aliphatic heterocycles. The summed E-state index contributed by atoms with van der Waals surface area (Å²) in [6, 6.07) is 6.20. The van der Waals surface area contributed by atoms with Crippen LogP contribution in [0.15, 0.2) is 29.8 Å². The van der Waals surface area contributed by atoms with Gasteiger partial charge in [-0.2, -0.15) is 0 Å². The molecule has 0 spiro atoms. The molecule has 1 amide bonds. The molecule has 1 N–H and O–H groups in total. The molecule has 0 aromatic carbocycles. The molecular weight excluding hydrogens is 428 g/mol. The summed E-state index contributed by atoms with van der Waals surface area (Å²) < 4.78 is 2.35. The van der Waals surface area contributed by atoms with Gasteiger partial charge in [-0.1, -0.05) is 40.0 Å². The van der Waals surface area contributed by atoms with Crippen LogP contribution in [0.2, 0.25) is 0 Å². The Kier molecular flexibility index (Phi) is 7.63. The molecule has 1 aliphatic rings. The van der Waals surface area contributed by atoms with Crippen LogP contribution in [0.3, 0.4) is 0 Å². The molecule has 6 heteroatoms. The van der Waals surface area contributed by atoms with Crippen LogP contribution in [0.4, 0.5) is 0 Å². The summed E-state index contributed by atoms with van der Waals surface area (Å²) in [6.07, 6.45) is 9.27. The third-order valence-corrected chi connectivity index (χ3v) is 7.53. The van der Waals surface area contributed by atoms with Crippen LogP contribution in [0, 0.1) is 18.8 Å². The van der Waals surface area contributed by atoms with E-state index in [1.807, 2.05) is 12.3 Å². The number of rotatable bonds is 8. The zero-order valence-electron chi connectivity index (χ0n) is 20.4. The standard InChI is InChI=1S/C27H36N4OS/c1-5-22-13-21(11-12-28-22)27-30-24(17-33-27)25-14-23(26(32)29-15-18(2)3)19(4)31(25)16-20-9-7-6-8-10-20/h11-14,17-18,20H,5-10,15-16H2,1-4H3,(H,29,32). The first-order valence-electron chi connectivity index (χ1n) is 12.4. The van der Waals surface area contributed by atoms with Gasteiger partial charge in [-0.25, -0.2) is 4.98 Å². The monoisotopic (exact) mass is 464 g/mol. The molecule has 1 fully saturated rings. The summed E-state index contributed by atoms with van der Waals surface area (Å²) in [5.41, 5.74) is 6.00. The van der Waals surface area contributed by atoms with Gasteiger partial charge in [-0.3, -0.25) is 9.78 Å². The zero-order chi connectivity index (χ0) is 23.4. The molecule has 33 heavy (non-hydrogen) atoms. The second-order valence-electron chi connectivity index (χ2n) is 9.67. The van der Waals surface area contributed by atoms with E-state index in [2.05, 4.69) is 60.1 Å². The third kappa shape index (κ3) is 5.55. The normalized spacial score (nSPS) is 14.7. The van der Waals surface area contributed by atoms with Gasteiger partial charge < -0.3 is 9.88 Å². The van der Waals surface area contributed by atoms with Crippen LogP contribution in [0.5, 0.6) is 0 Å².